The lowest BCUT2D eigenvalue weighted by molar-refractivity contribution is -0.140. The summed E-state index contributed by atoms with van der Waals surface area (Å²) in [6.45, 7) is 6.91. The minimum atomic E-state index is -1.37. The minimum Gasteiger partial charge on any atom is -0.477 e. The fourth-order valence-corrected chi connectivity index (χ4v) is 6.80. The molecule has 2 fully saturated rings. The van der Waals surface area contributed by atoms with Gasteiger partial charge in [0.1, 0.15) is 0 Å². The largest absolute Gasteiger partial charge is 0.477 e. The number of fused-ring (bicyclic) bond motifs is 1. The molecular formula is C14H22N2O4S2. The molecule has 2 saturated heterocycles. The van der Waals surface area contributed by atoms with Gasteiger partial charge < -0.3 is 15.5 Å². The van der Waals surface area contributed by atoms with Crippen molar-refractivity contribution >= 4 is 35.5 Å². The number of hydrogen-bond acceptors (Lipinski definition) is 6. The van der Waals surface area contributed by atoms with Crippen LogP contribution in [0, 0.1) is 0 Å². The van der Waals surface area contributed by atoms with Crippen LogP contribution in [0.4, 0.5) is 0 Å². The highest BCUT2D eigenvalue weighted by Gasteiger charge is 2.53. The van der Waals surface area contributed by atoms with E-state index in [4.69, 9.17) is 0 Å². The van der Waals surface area contributed by atoms with Gasteiger partial charge in [0.2, 0.25) is 0 Å². The second-order valence-electron chi connectivity index (χ2n) is 5.41. The molecule has 2 unspecified atom stereocenters. The van der Waals surface area contributed by atoms with Crippen LogP contribution in [-0.2, 0) is 9.59 Å². The first-order valence-corrected chi connectivity index (χ1v) is 9.20. The van der Waals surface area contributed by atoms with Gasteiger partial charge in [-0.2, -0.15) is 0 Å². The first-order valence-electron chi connectivity index (χ1n) is 7.51. The summed E-state index contributed by atoms with van der Waals surface area (Å²) in [6.07, 6.45) is 2.89. The number of rotatable bonds is 6. The topological polar surface area (TPSA) is 89.9 Å². The van der Waals surface area contributed by atoms with Crippen LogP contribution in [0.3, 0.4) is 0 Å². The molecule has 0 bridgehead atoms. The van der Waals surface area contributed by atoms with E-state index in [0.29, 0.717) is 4.24 Å². The van der Waals surface area contributed by atoms with Gasteiger partial charge in [-0.05, 0) is 19.4 Å². The Balaban J connectivity index is 2.42. The van der Waals surface area contributed by atoms with Gasteiger partial charge in [-0.15, -0.1) is 0 Å². The minimum absolute atomic E-state index is 0.0291. The van der Waals surface area contributed by atoms with Gasteiger partial charge >= 0.3 is 11.9 Å². The van der Waals surface area contributed by atoms with Crippen molar-refractivity contribution in [2.24, 2.45) is 0 Å². The van der Waals surface area contributed by atoms with E-state index in [9.17, 15) is 19.8 Å². The van der Waals surface area contributed by atoms with Crippen molar-refractivity contribution in [3.05, 3.63) is 9.81 Å². The zero-order chi connectivity index (χ0) is 16.3. The molecule has 8 heteroatoms. The number of nitrogens with zero attached hydrogens (tertiary/aromatic N) is 1. The van der Waals surface area contributed by atoms with Crippen LogP contribution < -0.4 is 5.32 Å². The Morgan fingerprint density at radius 1 is 1.32 bits per heavy atom. The molecule has 6 nitrogen and oxygen atoms in total. The van der Waals surface area contributed by atoms with Gasteiger partial charge in [0.25, 0.3) is 0 Å². The summed E-state index contributed by atoms with van der Waals surface area (Å²) in [5.41, 5.74) is -0.502. The van der Waals surface area contributed by atoms with Crippen LogP contribution in [0.2, 0.25) is 0 Å². The molecule has 0 aromatic rings. The van der Waals surface area contributed by atoms with Gasteiger partial charge in [-0.1, -0.05) is 43.8 Å². The molecule has 0 amide bonds. The number of piperazine rings is 1. The zero-order valence-electron chi connectivity index (χ0n) is 12.8. The van der Waals surface area contributed by atoms with Gasteiger partial charge in [0.15, 0.2) is 5.57 Å². The lowest BCUT2D eigenvalue weighted by Gasteiger charge is -2.47. The Morgan fingerprint density at radius 3 is 2.55 bits per heavy atom. The fraction of sp³-hybridized carbons (Fsp3) is 0.714. The smallest absolute Gasteiger partial charge is 0.344 e. The quantitative estimate of drug-likeness (QED) is 0.382. The van der Waals surface area contributed by atoms with Gasteiger partial charge in [-0.3, -0.25) is 4.90 Å². The predicted octanol–water partition coefficient (Wildman–Crippen LogP) is 1.98. The molecule has 22 heavy (non-hydrogen) atoms. The molecule has 2 atom stereocenters. The second kappa shape index (κ2) is 7.25. The highest BCUT2D eigenvalue weighted by atomic mass is 32.2. The third kappa shape index (κ3) is 3.15. The third-order valence-corrected chi connectivity index (χ3v) is 7.22. The van der Waals surface area contributed by atoms with E-state index in [1.807, 2.05) is 0 Å². The summed E-state index contributed by atoms with van der Waals surface area (Å²) in [4.78, 5) is 24.7. The molecule has 0 aromatic carbocycles. The van der Waals surface area contributed by atoms with E-state index in [1.165, 1.54) is 23.5 Å². The standard InChI is InChI=1S/C14H22N2O4S2/c1-3-5-14-13(15-6-8-16(14)7-4-2)21-12(22-14)9(10(17)18)11(19)20/h13,15H,3-8H2,1-2H3,(H,17,18)(H,19,20). The molecule has 2 aliphatic rings. The van der Waals surface area contributed by atoms with Gasteiger partial charge in [0.05, 0.1) is 14.5 Å². The van der Waals surface area contributed by atoms with E-state index in [-0.39, 0.29) is 10.2 Å². The van der Waals surface area contributed by atoms with Crippen molar-refractivity contribution in [1.82, 2.24) is 10.2 Å². The van der Waals surface area contributed by atoms with E-state index >= 15 is 0 Å². The van der Waals surface area contributed by atoms with Crippen molar-refractivity contribution in [1.29, 1.82) is 0 Å². The predicted molar refractivity (Wildman–Crippen MR) is 88.8 cm³/mol. The summed E-state index contributed by atoms with van der Waals surface area (Å²) in [7, 11) is 0. The molecule has 0 saturated carbocycles. The van der Waals surface area contributed by atoms with Gasteiger partial charge in [-0.25, -0.2) is 9.59 Å². The Morgan fingerprint density at radius 2 is 2.00 bits per heavy atom. The normalized spacial score (nSPS) is 28.5. The summed E-state index contributed by atoms with van der Waals surface area (Å²) in [6, 6.07) is 0. The number of aliphatic carboxylic acids is 2. The number of hydrogen-bond donors (Lipinski definition) is 3. The van der Waals surface area contributed by atoms with Crippen LogP contribution in [0.5, 0.6) is 0 Å². The van der Waals surface area contributed by atoms with E-state index in [0.717, 1.165) is 38.9 Å². The maximum Gasteiger partial charge on any atom is 0.344 e. The average molecular weight is 346 g/mol. The molecular weight excluding hydrogens is 324 g/mol. The molecule has 3 N–H and O–H groups in total. The first kappa shape index (κ1) is 17.7. The Hall–Kier alpha value is -0.700. The van der Waals surface area contributed by atoms with Crippen LogP contribution >= 0.6 is 23.5 Å². The van der Waals surface area contributed by atoms with E-state index in [2.05, 4.69) is 24.1 Å². The lowest BCUT2D eigenvalue weighted by atomic mass is 10.1. The van der Waals surface area contributed by atoms with Crippen molar-refractivity contribution in [3.8, 4) is 0 Å². The Labute approximate surface area is 138 Å². The SMILES string of the molecule is CCCN1CCNC2SC(=C(C(=O)O)C(=O)O)SC21CCC. The van der Waals surface area contributed by atoms with Gasteiger partial charge in [0, 0.05) is 13.1 Å². The first-order chi connectivity index (χ1) is 10.5. The van der Waals surface area contributed by atoms with Crippen LogP contribution in [-0.4, -0.2) is 56.9 Å². The average Bonchev–Trinajstić information content (AvgIpc) is 2.78. The third-order valence-electron chi connectivity index (χ3n) is 3.88. The summed E-state index contributed by atoms with van der Waals surface area (Å²) >= 11 is 2.78. The van der Waals surface area contributed by atoms with Crippen molar-refractivity contribution in [2.75, 3.05) is 19.6 Å². The molecule has 2 aliphatic heterocycles. The Kier molecular flexibility index (Phi) is 5.81. The number of carboxylic acid groups (broad SMARTS) is 2. The van der Waals surface area contributed by atoms with E-state index < -0.39 is 17.5 Å². The number of nitrogens with one attached hydrogen (secondary N) is 1. The molecule has 0 spiro atoms. The molecule has 124 valence electrons. The lowest BCUT2D eigenvalue weighted by Crippen LogP contribution is -2.62. The molecule has 0 aliphatic carbocycles. The second-order valence-corrected chi connectivity index (χ2v) is 8.10. The summed E-state index contributed by atoms with van der Waals surface area (Å²) in [5.74, 6) is -2.73. The highest BCUT2D eigenvalue weighted by molar-refractivity contribution is 8.26. The molecule has 0 radical (unpaired) electrons. The number of thioether (sulfide) groups is 2. The maximum absolute atomic E-state index is 11.3. The zero-order valence-corrected chi connectivity index (χ0v) is 14.4. The fourth-order valence-electron chi connectivity index (χ4n) is 3.03. The van der Waals surface area contributed by atoms with Crippen molar-refractivity contribution in [2.45, 2.75) is 43.4 Å². The monoisotopic (exact) mass is 346 g/mol. The Bertz CT molecular complexity index is 479. The summed E-state index contributed by atoms with van der Waals surface area (Å²) in [5, 5.41) is 21.9. The highest BCUT2D eigenvalue weighted by Crippen LogP contribution is 2.58. The maximum atomic E-state index is 11.3. The van der Waals surface area contributed by atoms with Crippen molar-refractivity contribution in [3.63, 3.8) is 0 Å². The van der Waals surface area contributed by atoms with Crippen LogP contribution in [0.1, 0.15) is 33.1 Å². The van der Waals surface area contributed by atoms with Crippen molar-refractivity contribution < 1.29 is 19.8 Å². The molecule has 2 rings (SSSR count). The number of carboxylic acids is 2. The summed E-state index contributed by atoms with van der Waals surface area (Å²) < 4.78 is 0.411. The molecule has 2 heterocycles. The number of carbonyl (C=O) groups is 2. The van der Waals surface area contributed by atoms with Crippen LogP contribution in [0.15, 0.2) is 9.81 Å². The van der Waals surface area contributed by atoms with Crippen LogP contribution in [0.25, 0.3) is 0 Å². The molecule has 0 aromatic heterocycles. The van der Waals surface area contributed by atoms with E-state index in [1.54, 1.807) is 0 Å².